The van der Waals surface area contributed by atoms with E-state index in [1.165, 1.54) is 46.9 Å². The molecule has 46 heavy (non-hydrogen) atoms. The number of carbonyl (C=O) groups excluding carboxylic acids is 2. The first-order valence-corrected chi connectivity index (χ1v) is 17.1. The van der Waals surface area contributed by atoms with Crippen LogP contribution in [0.4, 0.5) is 19.0 Å². The zero-order valence-corrected chi connectivity index (χ0v) is 27.3. The Hall–Kier alpha value is -4.16. The van der Waals surface area contributed by atoms with E-state index in [2.05, 4.69) is 19.8 Å². The normalized spacial score (nSPS) is 16.3. The molecule has 0 spiro atoms. The molecule has 2 amide bonds. The highest BCUT2D eigenvalue weighted by atomic mass is 32.1. The van der Waals surface area contributed by atoms with Gasteiger partial charge in [0.05, 0.1) is 20.4 Å². The summed E-state index contributed by atoms with van der Waals surface area (Å²) < 4.78 is 28.9. The highest BCUT2D eigenvalue weighted by molar-refractivity contribution is 7.22. The Labute approximate surface area is 273 Å². The third-order valence-corrected chi connectivity index (χ3v) is 11.5. The van der Waals surface area contributed by atoms with Crippen molar-refractivity contribution in [3.8, 4) is 0 Å². The molecule has 0 N–H and O–H groups in total. The molecule has 3 aromatic carbocycles. The highest BCUT2D eigenvalue weighted by Crippen LogP contribution is 2.33. The van der Waals surface area contributed by atoms with Crippen LogP contribution in [-0.2, 0) is 0 Å². The number of halogens is 2. The fraction of sp³-hybridized carbons (Fsp3) is 0.353. The van der Waals surface area contributed by atoms with E-state index in [1.807, 2.05) is 23.9 Å². The molecule has 8 nitrogen and oxygen atoms in total. The van der Waals surface area contributed by atoms with E-state index in [-0.39, 0.29) is 35.5 Å². The second-order valence-electron chi connectivity index (χ2n) is 12.1. The predicted molar refractivity (Wildman–Crippen MR) is 180 cm³/mol. The van der Waals surface area contributed by atoms with Crippen molar-refractivity contribution in [2.24, 2.45) is 0 Å². The SMILES string of the molecule is CN(c1nc2ccc(F)cc2s1)C1CCN(C(=O)c2cccc(C(=O)N3CCC(N(C)c4nc5ccc(F)cc5s4)CC3)c2)CC1. The Bertz CT molecular complexity index is 1780. The molecule has 0 atom stereocenters. The summed E-state index contributed by atoms with van der Waals surface area (Å²) in [6, 6.07) is 16.8. The number of rotatable bonds is 6. The van der Waals surface area contributed by atoms with Crippen LogP contribution in [0.1, 0.15) is 46.4 Å². The van der Waals surface area contributed by atoms with Gasteiger partial charge >= 0.3 is 0 Å². The standard InChI is InChI=1S/C34H34F2N6O2S2/c1-39(33-37-27-8-6-23(35)19-29(27)45-33)25-10-14-41(15-11-25)31(43)21-4-3-5-22(18-21)32(44)42-16-12-26(13-17-42)40(2)34-38-28-9-7-24(36)20-30(28)46-34/h3-9,18-20,25-26H,10-17H2,1-2H3. The van der Waals surface area contributed by atoms with Gasteiger partial charge in [-0.1, -0.05) is 28.7 Å². The topological polar surface area (TPSA) is 72.9 Å². The molecule has 7 rings (SSSR count). The molecule has 0 aliphatic carbocycles. The molecule has 238 valence electrons. The number of thiazole rings is 2. The molecule has 2 saturated heterocycles. The van der Waals surface area contributed by atoms with E-state index >= 15 is 0 Å². The number of anilines is 2. The number of hydrogen-bond acceptors (Lipinski definition) is 8. The van der Waals surface area contributed by atoms with Gasteiger partial charge in [0.15, 0.2) is 10.3 Å². The summed E-state index contributed by atoms with van der Waals surface area (Å²) in [5, 5.41) is 1.70. The molecule has 0 unspecified atom stereocenters. The number of fused-ring (bicyclic) bond motifs is 2. The Morgan fingerprint density at radius 1 is 0.674 bits per heavy atom. The van der Waals surface area contributed by atoms with Crippen LogP contribution < -0.4 is 9.80 Å². The van der Waals surface area contributed by atoms with Crippen molar-refractivity contribution in [3.63, 3.8) is 0 Å². The maximum Gasteiger partial charge on any atom is 0.253 e. The zero-order valence-electron chi connectivity index (χ0n) is 25.7. The summed E-state index contributed by atoms with van der Waals surface area (Å²) in [5.41, 5.74) is 2.62. The first-order chi connectivity index (χ1) is 22.2. The molecule has 12 heteroatoms. The van der Waals surface area contributed by atoms with Crippen molar-refractivity contribution >= 4 is 65.2 Å². The Kier molecular flexibility index (Phi) is 8.33. The van der Waals surface area contributed by atoms with Crippen LogP contribution in [0.2, 0.25) is 0 Å². The largest absolute Gasteiger partial charge is 0.348 e. The number of aromatic nitrogens is 2. The van der Waals surface area contributed by atoms with E-state index < -0.39 is 0 Å². The minimum absolute atomic E-state index is 0.0673. The van der Waals surface area contributed by atoms with Gasteiger partial charge in [-0.3, -0.25) is 9.59 Å². The molecule has 4 heterocycles. The lowest BCUT2D eigenvalue weighted by molar-refractivity contribution is 0.0711. The predicted octanol–water partition coefficient (Wildman–Crippen LogP) is 6.67. The van der Waals surface area contributed by atoms with Gasteiger partial charge in [-0.2, -0.15) is 0 Å². The third-order valence-electron chi connectivity index (χ3n) is 9.24. The van der Waals surface area contributed by atoms with Gasteiger partial charge in [0.2, 0.25) is 0 Å². The summed E-state index contributed by atoms with van der Waals surface area (Å²) in [6.45, 7) is 2.43. The van der Waals surface area contributed by atoms with E-state index in [4.69, 9.17) is 0 Å². The van der Waals surface area contributed by atoms with Crippen LogP contribution >= 0.6 is 22.7 Å². The van der Waals surface area contributed by atoms with Crippen molar-refractivity contribution in [2.45, 2.75) is 37.8 Å². The van der Waals surface area contributed by atoms with Crippen LogP contribution in [0.3, 0.4) is 0 Å². The van der Waals surface area contributed by atoms with Crippen LogP contribution in [0.15, 0.2) is 60.7 Å². The molecule has 2 fully saturated rings. The summed E-state index contributed by atoms with van der Waals surface area (Å²) in [7, 11) is 4.02. The molecule has 0 saturated carbocycles. The smallest absolute Gasteiger partial charge is 0.253 e. The van der Waals surface area contributed by atoms with Gasteiger partial charge < -0.3 is 19.6 Å². The molecule has 2 aliphatic heterocycles. The lowest BCUT2D eigenvalue weighted by Gasteiger charge is -2.37. The second kappa shape index (κ2) is 12.6. The number of carbonyl (C=O) groups is 2. The van der Waals surface area contributed by atoms with Gasteiger partial charge in [0, 0.05) is 63.5 Å². The summed E-state index contributed by atoms with van der Waals surface area (Å²) in [4.78, 5) is 44.3. The maximum atomic E-state index is 13.7. The molecule has 2 aromatic heterocycles. The fourth-order valence-electron chi connectivity index (χ4n) is 6.45. The van der Waals surface area contributed by atoms with Gasteiger partial charge in [-0.05, 0) is 80.3 Å². The number of nitrogens with zero attached hydrogens (tertiary/aromatic N) is 6. The third kappa shape index (κ3) is 6.03. The monoisotopic (exact) mass is 660 g/mol. The van der Waals surface area contributed by atoms with Gasteiger partial charge in [0.1, 0.15) is 11.6 Å². The van der Waals surface area contributed by atoms with Crippen molar-refractivity contribution in [3.05, 3.63) is 83.4 Å². The fourth-order valence-corrected chi connectivity index (χ4v) is 8.50. The summed E-state index contributed by atoms with van der Waals surface area (Å²) >= 11 is 2.95. The quantitative estimate of drug-likeness (QED) is 0.203. The number of amides is 2. The highest BCUT2D eigenvalue weighted by Gasteiger charge is 2.30. The Morgan fingerprint density at radius 3 is 1.50 bits per heavy atom. The van der Waals surface area contributed by atoms with Crippen LogP contribution in [-0.4, -0.2) is 83.9 Å². The molecule has 0 bridgehead atoms. The van der Waals surface area contributed by atoms with Gasteiger partial charge in [-0.15, -0.1) is 0 Å². The van der Waals surface area contributed by atoms with Crippen LogP contribution in [0.25, 0.3) is 20.4 Å². The Balaban J connectivity index is 0.938. The van der Waals surface area contributed by atoms with Gasteiger partial charge in [0.25, 0.3) is 11.8 Å². The van der Waals surface area contributed by atoms with Crippen molar-refractivity contribution < 1.29 is 18.4 Å². The number of likely N-dealkylation sites (tertiary alicyclic amines) is 2. The van der Waals surface area contributed by atoms with E-state index in [9.17, 15) is 18.4 Å². The summed E-state index contributed by atoms with van der Waals surface area (Å²) in [6.07, 6.45) is 3.18. The van der Waals surface area contributed by atoms with Crippen molar-refractivity contribution in [1.82, 2.24) is 19.8 Å². The Morgan fingerprint density at radius 2 is 1.09 bits per heavy atom. The van der Waals surface area contributed by atoms with Crippen molar-refractivity contribution in [1.29, 1.82) is 0 Å². The molecule has 2 aliphatic rings. The van der Waals surface area contributed by atoms with Gasteiger partial charge in [-0.25, -0.2) is 18.7 Å². The molecule has 5 aromatic rings. The average Bonchev–Trinajstić information content (AvgIpc) is 3.71. The number of piperidine rings is 2. The van der Waals surface area contributed by atoms with E-state index in [0.717, 1.165) is 56.4 Å². The lowest BCUT2D eigenvalue weighted by atomic mass is 10.0. The maximum absolute atomic E-state index is 13.7. The minimum Gasteiger partial charge on any atom is -0.348 e. The van der Waals surface area contributed by atoms with E-state index in [1.54, 1.807) is 36.4 Å². The summed E-state index contributed by atoms with van der Waals surface area (Å²) in [5.74, 6) is -0.667. The van der Waals surface area contributed by atoms with Crippen LogP contribution in [0, 0.1) is 11.6 Å². The van der Waals surface area contributed by atoms with Crippen LogP contribution in [0.5, 0.6) is 0 Å². The minimum atomic E-state index is -0.266. The van der Waals surface area contributed by atoms with Crippen molar-refractivity contribution in [2.75, 3.05) is 50.1 Å². The first kappa shape index (κ1) is 30.5. The average molecular weight is 661 g/mol. The lowest BCUT2D eigenvalue weighted by Crippen LogP contribution is -2.46. The second-order valence-corrected chi connectivity index (χ2v) is 14.1. The van der Waals surface area contributed by atoms with E-state index in [0.29, 0.717) is 37.3 Å². The number of benzene rings is 3. The molecular weight excluding hydrogens is 627 g/mol. The molecule has 0 radical (unpaired) electrons. The number of hydrogen-bond donors (Lipinski definition) is 0. The zero-order chi connectivity index (χ0) is 31.9. The molecular formula is C34H34F2N6O2S2. The first-order valence-electron chi connectivity index (χ1n) is 15.5.